The van der Waals surface area contributed by atoms with Gasteiger partial charge in [0.2, 0.25) is 0 Å². The number of hydrogen-bond acceptors (Lipinski definition) is 2. The summed E-state index contributed by atoms with van der Waals surface area (Å²) in [4.78, 5) is 13.9. The maximum atomic E-state index is 11.5. The lowest BCUT2D eigenvalue weighted by Gasteiger charge is -2.15. The second kappa shape index (κ2) is 3.87. The van der Waals surface area contributed by atoms with Crippen LogP contribution in [0.25, 0.3) is 0 Å². The average Bonchev–Trinajstić information content (AvgIpc) is 2.83. The Bertz CT molecular complexity index is 424. The standard InChI is InChI=1S/C14H15NO/c16-14-7-6-12-9-15(10-13(12)14)8-11-4-2-1-3-5-11/h1-7,12-13H,8-10H2/t12-,13+/m0/s1. The van der Waals surface area contributed by atoms with Crippen molar-refractivity contribution in [3.63, 3.8) is 0 Å². The summed E-state index contributed by atoms with van der Waals surface area (Å²) in [5.74, 6) is 1.03. The summed E-state index contributed by atoms with van der Waals surface area (Å²) >= 11 is 0. The van der Waals surface area contributed by atoms with Gasteiger partial charge in [-0.05, 0) is 11.6 Å². The van der Waals surface area contributed by atoms with Gasteiger partial charge in [-0.2, -0.15) is 0 Å². The minimum atomic E-state index is 0.240. The van der Waals surface area contributed by atoms with Crippen LogP contribution in [0.2, 0.25) is 0 Å². The van der Waals surface area contributed by atoms with E-state index >= 15 is 0 Å². The van der Waals surface area contributed by atoms with Crippen LogP contribution in [0, 0.1) is 11.8 Å². The predicted octanol–water partition coefficient (Wildman–Crippen LogP) is 1.87. The fourth-order valence-corrected chi connectivity index (χ4v) is 2.72. The Balaban J connectivity index is 1.67. The molecule has 1 saturated heterocycles. The van der Waals surface area contributed by atoms with Crippen molar-refractivity contribution in [3.05, 3.63) is 48.0 Å². The molecule has 2 aliphatic rings. The number of ketones is 1. The van der Waals surface area contributed by atoms with E-state index in [2.05, 4.69) is 35.2 Å². The summed E-state index contributed by atoms with van der Waals surface area (Å²) in [6.07, 6.45) is 3.84. The molecule has 0 saturated carbocycles. The van der Waals surface area contributed by atoms with Gasteiger partial charge in [0.15, 0.2) is 5.78 Å². The van der Waals surface area contributed by atoms with Crippen LogP contribution in [-0.4, -0.2) is 23.8 Å². The van der Waals surface area contributed by atoms with Crippen LogP contribution in [0.1, 0.15) is 5.56 Å². The van der Waals surface area contributed by atoms with Crippen molar-refractivity contribution >= 4 is 5.78 Å². The Labute approximate surface area is 95.6 Å². The van der Waals surface area contributed by atoms with Gasteiger partial charge in [-0.25, -0.2) is 0 Å². The number of carbonyl (C=O) groups excluding carboxylic acids is 1. The number of likely N-dealkylation sites (tertiary alicyclic amines) is 1. The molecule has 0 spiro atoms. The molecule has 0 amide bonds. The van der Waals surface area contributed by atoms with Crippen LogP contribution >= 0.6 is 0 Å². The molecule has 1 fully saturated rings. The number of fused-ring (bicyclic) bond motifs is 1. The SMILES string of the molecule is O=C1C=C[C@H]2CN(Cc3ccccc3)C[C@@H]12. The van der Waals surface area contributed by atoms with Crippen molar-refractivity contribution in [1.82, 2.24) is 4.90 Å². The van der Waals surface area contributed by atoms with Crippen molar-refractivity contribution in [1.29, 1.82) is 0 Å². The molecule has 1 heterocycles. The Morgan fingerprint density at radius 3 is 2.75 bits per heavy atom. The maximum absolute atomic E-state index is 11.5. The highest BCUT2D eigenvalue weighted by Gasteiger charge is 2.38. The van der Waals surface area contributed by atoms with Crippen molar-refractivity contribution in [2.24, 2.45) is 11.8 Å². The molecule has 0 bridgehead atoms. The molecule has 0 aromatic heterocycles. The molecule has 0 radical (unpaired) electrons. The molecule has 16 heavy (non-hydrogen) atoms. The topological polar surface area (TPSA) is 20.3 Å². The van der Waals surface area contributed by atoms with Gasteiger partial charge < -0.3 is 0 Å². The number of allylic oxidation sites excluding steroid dienone is 1. The smallest absolute Gasteiger partial charge is 0.160 e. The van der Waals surface area contributed by atoms with Gasteiger partial charge in [-0.3, -0.25) is 9.69 Å². The molecule has 0 unspecified atom stereocenters. The van der Waals surface area contributed by atoms with E-state index in [-0.39, 0.29) is 5.92 Å². The zero-order valence-corrected chi connectivity index (χ0v) is 9.17. The van der Waals surface area contributed by atoms with Crippen molar-refractivity contribution < 1.29 is 4.79 Å². The van der Waals surface area contributed by atoms with Gasteiger partial charge in [0.25, 0.3) is 0 Å². The minimum absolute atomic E-state index is 0.240. The van der Waals surface area contributed by atoms with E-state index in [0.717, 1.165) is 19.6 Å². The highest BCUT2D eigenvalue weighted by molar-refractivity contribution is 5.95. The molecule has 1 aliphatic carbocycles. The Kier molecular flexibility index (Phi) is 2.37. The molecule has 1 aromatic carbocycles. The van der Waals surface area contributed by atoms with E-state index in [0.29, 0.717) is 11.7 Å². The van der Waals surface area contributed by atoms with E-state index in [1.54, 1.807) is 6.08 Å². The van der Waals surface area contributed by atoms with Crippen LogP contribution in [0.3, 0.4) is 0 Å². The third kappa shape index (κ3) is 1.69. The van der Waals surface area contributed by atoms with Crippen LogP contribution < -0.4 is 0 Å². The zero-order chi connectivity index (χ0) is 11.0. The monoisotopic (exact) mass is 213 g/mol. The normalized spacial score (nSPS) is 28.6. The predicted molar refractivity (Wildman–Crippen MR) is 62.8 cm³/mol. The summed E-state index contributed by atoms with van der Waals surface area (Å²) in [6.45, 7) is 2.92. The van der Waals surface area contributed by atoms with E-state index in [1.165, 1.54) is 5.56 Å². The Morgan fingerprint density at radius 1 is 1.19 bits per heavy atom. The summed E-state index contributed by atoms with van der Waals surface area (Å²) in [7, 11) is 0. The number of nitrogens with zero attached hydrogens (tertiary/aromatic N) is 1. The molecule has 0 N–H and O–H groups in total. The van der Waals surface area contributed by atoms with Crippen LogP contribution in [0.15, 0.2) is 42.5 Å². The van der Waals surface area contributed by atoms with Crippen molar-refractivity contribution in [2.45, 2.75) is 6.54 Å². The minimum Gasteiger partial charge on any atom is -0.298 e. The summed E-state index contributed by atoms with van der Waals surface area (Å²) < 4.78 is 0. The first-order chi connectivity index (χ1) is 7.83. The van der Waals surface area contributed by atoms with E-state index in [1.807, 2.05) is 6.07 Å². The molecule has 3 rings (SSSR count). The quantitative estimate of drug-likeness (QED) is 0.747. The number of carbonyl (C=O) groups is 1. The molecular formula is C14H15NO. The van der Waals surface area contributed by atoms with Crippen LogP contribution in [0.5, 0.6) is 0 Å². The molecule has 2 nitrogen and oxygen atoms in total. The van der Waals surface area contributed by atoms with Crippen LogP contribution in [0.4, 0.5) is 0 Å². The summed E-state index contributed by atoms with van der Waals surface area (Å²) in [5, 5.41) is 0. The lowest BCUT2D eigenvalue weighted by atomic mass is 10.00. The largest absolute Gasteiger partial charge is 0.298 e. The number of rotatable bonds is 2. The van der Waals surface area contributed by atoms with Gasteiger partial charge in [0.05, 0.1) is 0 Å². The molecule has 2 heteroatoms. The molecule has 1 aromatic rings. The van der Waals surface area contributed by atoms with Crippen molar-refractivity contribution in [3.8, 4) is 0 Å². The summed E-state index contributed by atoms with van der Waals surface area (Å²) in [6, 6.07) is 10.5. The van der Waals surface area contributed by atoms with Crippen molar-refractivity contribution in [2.75, 3.05) is 13.1 Å². The van der Waals surface area contributed by atoms with E-state index in [9.17, 15) is 4.79 Å². The lowest BCUT2D eigenvalue weighted by Crippen LogP contribution is -2.22. The Morgan fingerprint density at radius 2 is 2.00 bits per heavy atom. The van der Waals surface area contributed by atoms with E-state index < -0.39 is 0 Å². The third-order valence-electron chi connectivity index (χ3n) is 3.56. The fraction of sp³-hybridized carbons (Fsp3) is 0.357. The van der Waals surface area contributed by atoms with Crippen LogP contribution in [-0.2, 0) is 11.3 Å². The zero-order valence-electron chi connectivity index (χ0n) is 9.17. The third-order valence-corrected chi connectivity index (χ3v) is 3.56. The second-order valence-electron chi connectivity index (χ2n) is 4.71. The fourth-order valence-electron chi connectivity index (χ4n) is 2.72. The van der Waals surface area contributed by atoms with Gasteiger partial charge >= 0.3 is 0 Å². The highest BCUT2D eigenvalue weighted by Crippen LogP contribution is 2.31. The van der Waals surface area contributed by atoms with Gasteiger partial charge in [-0.15, -0.1) is 0 Å². The average molecular weight is 213 g/mol. The first kappa shape index (κ1) is 9.79. The second-order valence-corrected chi connectivity index (χ2v) is 4.71. The number of hydrogen-bond donors (Lipinski definition) is 0. The highest BCUT2D eigenvalue weighted by atomic mass is 16.1. The first-order valence-electron chi connectivity index (χ1n) is 5.81. The molecular weight excluding hydrogens is 198 g/mol. The van der Waals surface area contributed by atoms with Gasteiger partial charge in [0.1, 0.15) is 0 Å². The maximum Gasteiger partial charge on any atom is 0.160 e. The molecule has 2 atom stereocenters. The first-order valence-corrected chi connectivity index (χ1v) is 5.81. The number of benzene rings is 1. The molecule has 82 valence electrons. The molecule has 1 aliphatic heterocycles. The van der Waals surface area contributed by atoms with Gasteiger partial charge in [-0.1, -0.05) is 36.4 Å². The summed E-state index contributed by atoms with van der Waals surface area (Å²) in [5.41, 5.74) is 1.33. The van der Waals surface area contributed by atoms with E-state index in [4.69, 9.17) is 0 Å². The Hall–Kier alpha value is -1.41. The van der Waals surface area contributed by atoms with Gasteiger partial charge in [0, 0.05) is 31.5 Å². The lowest BCUT2D eigenvalue weighted by molar-refractivity contribution is -0.117.